The van der Waals surface area contributed by atoms with Crippen LogP contribution in [-0.4, -0.2) is 32.6 Å². The Kier molecular flexibility index (Phi) is 16.5. The molecule has 2 aromatic rings. The van der Waals surface area contributed by atoms with Crippen molar-refractivity contribution < 1.29 is 52.3 Å². The molecule has 0 unspecified atom stereocenters. The monoisotopic (exact) mass is 469 g/mol. The van der Waals surface area contributed by atoms with E-state index in [-0.39, 0.29) is 26.2 Å². The van der Waals surface area contributed by atoms with Gasteiger partial charge in [-0.05, 0) is 0 Å². The Balaban J connectivity index is -0.000000279. The molecule has 0 spiro atoms. The number of alkyl halides is 3. The Bertz CT molecular complexity index is 621. The predicted molar refractivity (Wildman–Crippen MR) is 94.0 cm³/mol. The molecule has 0 fully saturated rings. The molecule has 26 heavy (non-hydrogen) atoms. The first-order chi connectivity index (χ1) is 11.2. The van der Waals surface area contributed by atoms with E-state index in [1.54, 1.807) is 14.1 Å². The van der Waals surface area contributed by atoms with Gasteiger partial charge in [-0.25, -0.2) is 31.7 Å². The quantitative estimate of drug-likeness (QED) is 0.318. The molecule has 2 aromatic carbocycles. The second kappa shape index (κ2) is 14.3. The summed E-state index contributed by atoms with van der Waals surface area (Å²) in [6, 6.07) is 12.8. The summed E-state index contributed by atoms with van der Waals surface area (Å²) in [5.41, 5.74) is -0.211. The third-order valence-electron chi connectivity index (χ3n) is 2.41. The van der Waals surface area contributed by atoms with Crippen molar-refractivity contribution in [3.63, 3.8) is 0 Å². The molecule has 9 heteroatoms. The van der Waals surface area contributed by atoms with Crippen LogP contribution in [0.2, 0.25) is 0 Å². The van der Waals surface area contributed by atoms with Crippen LogP contribution >= 0.6 is 0 Å². The Morgan fingerprint density at radius 1 is 0.962 bits per heavy atom. The normalized spacial score (nSPS) is 10.1. The molecule has 0 amide bonds. The molecule has 0 atom stereocenters. The van der Waals surface area contributed by atoms with E-state index in [0.717, 1.165) is 0 Å². The van der Waals surface area contributed by atoms with Gasteiger partial charge >= 0.3 is 31.7 Å². The first-order valence-electron chi connectivity index (χ1n) is 7.14. The number of aryl methyl sites for hydroxylation is 4. The molecule has 0 heterocycles. The first-order valence-corrected chi connectivity index (χ1v) is 8.55. The molecule has 0 saturated carbocycles. The Morgan fingerprint density at radius 3 is 1.23 bits per heavy atom. The van der Waals surface area contributed by atoms with E-state index in [1.807, 2.05) is 0 Å². The van der Waals surface area contributed by atoms with Crippen molar-refractivity contribution in [3.05, 3.63) is 64.0 Å². The summed E-state index contributed by atoms with van der Waals surface area (Å²) >= 11 is 0. The van der Waals surface area contributed by atoms with Gasteiger partial charge in [0.1, 0.15) is 0 Å². The van der Waals surface area contributed by atoms with E-state index in [2.05, 4.69) is 69.4 Å². The van der Waals surface area contributed by atoms with E-state index in [1.165, 1.54) is 22.3 Å². The molecule has 0 aliphatic carbocycles. The second-order valence-electron chi connectivity index (χ2n) is 5.28. The number of hydrogen-bond acceptors (Lipinski definition) is 3. The van der Waals surface area contributed by atoms with Gasteiger partial charge < -0.3 is 9.87 Å². The standard InChI is InChI=1S/2C7H9.C2H6N.CHF3O3S.Zr/c2*1-6-3-4-7(2)5-6;1-3-2;2-1(3,4)8(5,6)7;/h2*3-5H,1-2H3;1-2H3;(H,5,6,7);/q3*-1;;+4/p-1. The average molecular weight is 471 g/mol. The molecule has 0 bridgehead atoms. The smallest absolute Gasteiger partial charge is 0.741 e. The Morgan fingerprint density at radius 2 is 1.19 bits per heavy atom. The van der Waals surface area contributed by atoms with Gasteiger partial charge in [0.15, 0.2) is 10.1 Å². The molecule has 0 radical (unpaired) electrons. The summed E-state index contributed by atoms with van der Waals surface area (Å²) in [7, 11) is -2.59. The number of nitrogens with zero attached hydrogens (tertiary/aromatic N) is 1. The molecule has 146 valence electrons. The summed E-state index contributed by atoms with van der Waals surface area (Å²) in [5, 5.41) is 3.50. The zero-order chi connectivity index (χ0) is 20.3. The van der Waals surface area contributed by atoms with Crippen molar-refractivity contribution in [3.8, 4) is 0 Å². The summed E-state index contributed by atoms with van der Waals surface area (Å²) in [5.74, 6) is 0. The molecule has 0 aromatic heterocycles. The number of hydrogen-bond donors (Lipinski definition) is 0. The van der Waals surface area contributed by atoms with Crippen molar-refractivity contribution in [1.29, 1.82) is 0 Å². The van der Waals surface area contributed by atoms with Gasteiger partial charge in [-0.3, -0.25) is 0 Å². The summed E-state index contributed by atoms with van der Waals surface area (Å²) in [4.78, 5) is 0. The molecule has 0 aliphatic rings. The fourth-order valence-electron chi connectivity index (χ4n) is 1.44. The largest absolute Gasteiger partial charge is 4.00 e. The minimum absolute atomic E-state index is 0. The van der Waals surface area contributed by atoms with Crippen LogP contribution < -0.4 is 0 Å². The van der Waals surface area contributed by atoms with E-state index in [0.29, 0.717) is 0 Å². The van der Waals surface area contributed by atoms with Crippen LogP contribution in [0.5, 0.6) is 0 Å². The van der Waals surface area contributed by atoms with Gasteiger partial charge in [0, 0.05) is 0 Å². The fourth-order valence-corrected chi connectivity index (χ4v) is 1.44. The van der Waals surface area contributed by atoms with E-state index >= 15 is 0 Å². The Labute approximate surface area is 173 Å². The van der Waals surface area contributed by atoms with Gasteiger partial charge in [0.05, 0.1) is 0 Å². The van der Waals surface area contributed by atoms with Crippen LogP contribution in [-0.2, 0) is 36.3 Å². The molecular formula is C17H24F3NO3SZr. The molecular weight excluding hydrogens is 446 g/mol. The molecule has 0 saturated heterocycles. The third-order valence-corrected chi connectivity index (χ3v) is 2.98. The third kappa shape index (κ3) is 16.7. The zero-order valence-electron chi connectivity index (χ0n) is 15.7. The zero-order valence-corrected chi connectivity index (χ0v) is 19.0. The summed E-state index contributed by atoms with van der Waals surface area (Å²) < 4.78 is 58.9. The maximum Gasteiger partial charge on any atom is 4.00 e. The second-order valence-corrected chi connectivity index (χ2v) is 6.65. The van der Waals surface area contributed by atoms with Crippen LogP contribution in [0.1, 0.15) is 22.3 Å². The van der Waals surface area contributed by atoms with E-state index in [4.69, 9.17) is 13.0 Å². The Hall–Kier alpha value is -0.757. The van der Waals surface area contributed by atoms with E-state index in [9.17, 15) is 13.2 Å². The maximum atomic E-state index is 10.7. The van der Waals surface area contributed by atoms with Crippen LogP contribution in [0.15, 0.2) is 36.4 Å². The van der Waals surface area contributed by atoms with Crippen molar-refractivity contribution in [2.45, 2.75) is 33.2 Å². The first kappa shape index (κ1) is 30.0. The van der Waals surface area contributed by atoms with Crippen molar-refractivity contribution in [2.75, 3.05) is 14.1 Å². The van der Waals surface area contributed by atoms with Crippen molar-refractivity contribution in [1.82, 2.24) is 0 Å². The molecule has 4 nitrogen and oxygen atoms in total. The molecule has 0 aliphatic heterocycles. The van der Waals surface area contributed by atoms with Crippen LogP contribution in [0, 0.1) is 27.7 Å². The van der Waals surface area contributed by atoms with Crippen LogP contribution in [0.3, 0.4) is 0 Å². The summed E-state index contributed by atoms with van der Waals surface area (Å²) in [6.07, 6.45) is 0. The average Bonchev–Trinajstić information content (AvgIpc) is 2.97. The van der Waals surface area contributed by atoms with Crippen molar-refractivity contribution in [2.24, 2.45) is 0 Å². The topological polar surface area (TPSA) is 71.3 Å². The van der Waals surface area contributed by atoms with Crippen LogP contribution in [0.4, 0.5) is 13.2 Å². The van der Waals surface area contributed by atoms with Gasteiger partial charge in [0.2, 0.25) is 0 Å². The minimum atomic E-state index is -6.09. The number of rotatable bonds is 0. The van der Waals surface area contributed by atoms with Crippen molar-refractivity contribution >= 4 is 10.1 Å². The fraction of sp³-hybridized carbons (Fsp3) is 0.412. The van der Waals surface area contributed by atoms with Gasteiger partial charge in [-0.15, -0.1) is 0 Å². The minimum Gasteiger partial charge on any atom is -0.741 e. The molecule has 2 rings (SSSR count). The molecule has 0 N–H and O–H groups in total. The predicted octanol–water partition coefficient (Wildman–Crippen LogP) is 4.71. The van der Waals surface area contributed by atoms with Gasteiger partial charge in [-0.2, -0.15) is 62.7 Å². The maximum absolute atomic E-state index is 10.7. The SMILES string of the molecule is C[N-]C.Cc1cc[c-](C)c1.Cc1cc[c-](C)c1.O=S(=O)([O-])C(F)(F)F.[Zr+4]. The summed E-state index contributed by atoms with van der Waals surface area (Å²) in [6.45, 7) is 8.42. The van der Waals surface area contributed by atoms with Gasteiger partial charge in [-0.1, -0.05) is 27.7 Å². The van der Waals surface area contributed by atoms with E-state index < -0.39 is 15.6 Å². The van der Waals surface area contributed by atoms with Crippen LogP contribution in [0.25, 0.3) is 5.32 Å². The van der Waals surface area contributed by atoms with Gasteiger partial charge in [0.25, 0.3) is 0 Å². The number of halogens is 3.